The Balaban J connectivity index is 2.24. The zero-order chi connectivity index (χ0) is 6.69. The minimum atomic E-state index is -0.569. The van der Waals surface area contributed by atoms with Crippen LogP contribution in [0.2, 0.25) is 0 Å². The van der Waals surface area contributed by atoms with Crippen LogP contribution >= 0.6 is 0 Å². The quantitative estimate of drug-likeness (QED) is 0.596. The molecule has 0 aromatic heterocycles. The van der Waals surface area contributed by atoms with Gasteiger partial charge in [-0.05, 0) is 19.4 Å². The Kier molecular flexibility index (Phi) is 2.46. The Morgan fingerprint density at radius 2 is 2.56 bits per heavy atom. The van der Waals surface area contributed by atoms with Crippen LogP contribution in [-0.2, 0) is 0 Å². The van der Waals surface area contributed by atoms with Crippen LogP contribution in [0.4, 0.5) is 4.39 Å². The molecule has 9 heavy (non-hydrogen) atoms. The van der Waals surface area contributed by atoms with Gasteiger partial charge in [-0.2, -0.15) is 0 Å². The van der Waals surface area contributed by atoms with Gasteiger partial charge in [0.15, 0.2) is 0 Å². The lowest BCUT2D eigenvalue weighted by atomic mass is 10.0. The molecule has 2 atom stereocenters. The van der Waals surface area contributed by atoms with Gasteiger partial charge in [-0.25, -0.2) is 4.39 Å². The molecule has 0 saturated carbocycles. The van der Waals surface area contributed by atoms with Crippen LogP contribution in [0.25, 0.3) is 0 Å². The summed E-state index contributed by atoms with van der Waals surface area (Å²) in [6, 6.07) is 0. The van der Waals surface area contributed by atoms with Crippen LogP contribution in [-0.4, -0.2) is 19.3 Å². The molecule has 1 fully saturated rings. The van der Waals surface area contributed by atoms with Crippen LogP contribution < -0.4 is 5.32 Å². The predicted octanol–water partition coefficient (Wildman–Crippen LogP) is 1.34. The summed E-state index contributed by atoms with van der Waals surface area (Å²) in [5.41, 5.74) is 0. The second-order valence-corrected chi connectivity index (χ2v) is 2.68. The fraction of sp³-hybridized carbons (Fsp3) is 1.00. The second-order valence-electron chi connectivity index (χ2n) is 2.68. The van der Waals surface area contributed by atoms with E-state index < -0.39 is 6.17 Å². The number of hydrogen-bond donors (Lipinski definition) is 1. The molecular weight excluding hydrogens is 117 g/mol. The lowest BCUT2D eigenvalue weighted by Crippen LogP contribution is -2.17. The van der Waals surface area contributed by atoms with E-state index in [0.717, 1.165) is 19.5 Å². The van der Waals surface area contributed by atoms with Crippen LogP contribution in [0.3, 0.4) is 0 Å². The first-order valence-electron chi connectivity index (χ1n) is 3.69. The molecule has 1 aliphatic rings. The van der Waals surface area contributed by atoms with E-state index in [1.807, 2.05) is 6.92 Å². The third kappa shape index (κ3) is 1.65. The van der Waals surface area contributed by atoms with E-state index in [1.165, 1.54) is 0 Å². The highest BCUT2D eigenvalue weighted by molar-refractivity contribution is 4.76. The molecular formula is C7H14FN. The summed E-state index contributed by atoms with van der Waals surface area (Å²) in [5.74, 6) is 0.301. The molecule has 0 aromatic rings. The number of hydrogen-bond acceptors (Lipinski definition) is 1. The monoisotopic (exact) mass is 131 g/mol. The summed E-state index contributed by atoms with van der Waals surface area (Å²) >= 11 is 0. The molecule has 1 rings (SSSR count). The van der Waals surface area contributed by atoms with Gasteiger partial charge in [0.1, 0.15) is 6.17 Å². The highest BCUT2D eigenvalue weighted by Gasteiger charge is 2.22. The minimum Gasteiger partial charge on any atom is -0.316 e. The molecule has 1 saturated heterocycles. The maximum atomic E-state index is 12.8. The van der Waals surface area contributed by atoms with Crippen LogP contribution in [0, 0.1) is 5.92 Å². The number of nitrogens with one attached hydrogen (secondary N) is 1. The van der Waals surface area contributed by atoms with Crippen LogP contribution in [0.15, 0.2) is 0 Å². The highest BCUT2D eigenvalue weighted by Crippen LogP contribution is 2.17. The van der Waals surface area contributed by atoms with Crippen molar-refractivity contribution >= 4 is 0 Å². The van der Waals surface area contributed by atoms with E-state index >= 15 is 0 Å². The molecule has 0 spiro atoms. The van der Waals surface area contributed by atoms with Crippen molar-refractivity contribution in [1.82, 2.24) is 5.32 Å². The van der Waals surface area contributed by atoms with Gasteiger partial charge < -0.3 is 5.32 Å². The minimum absolute atomic E-state index is 0.301. The second kappa shape index (κ2) is 3.16. The normalized spacial score (nSPS) is 30.7. The molecule has 0 radical (unpaired) electrons. The molecule has 0 aliphatic carbocycles. The van der Waals surface area contributed by atoms with E-state index in [2.05, 4.69) is 5.32 Å². The average molecular weight is 131 g/mol. The van der Waals surface area contributed by atoms with Gasteiger partial charge in [-0.15, -0.1) is 0 Å². The van der Waals surface area contributed by atoms with Gasteiger partial charge in [-0.1, -0.05) is 6.92 Å². The van der Waals surface area contributed by atoms with Gasteiger partial charge in [0.25, 0.3) is 0 Å². The van der Waals surface area contributed by atoms with E-state index in [1.54, 1.807) is 0 Å². The Hall–Kier alpha value is -0.110. The van der Waals surface area contributed by atoms with Crippen LogP contribution in [0.1, 0.15) is 19.8 Å². The molecule has 0 amide bonds. The zero-order valence-corrected chi connectivity index (χ0v) is 5.86. The molecule has 0 bridgehead atoms. The topological polar surface area (TPSA) is 12.0 Å². The smallest absolute Gasteiger partial charge is 0.104 e. The Morgan fingerprint density at radius 1 is 1.78 bits per heavy atom. The zero-order valence-electron chi connectivity index (χ0n) is 5.86. The van der Waals surface area contributed by atoms with E-state index in [4.69, 9.17) is 0 Å². The van der Waals surface area contributed by atoms with Gasteiger partial charge in [0.2, 0.25) is 0 Å². The number of alkyl halides is 1. The third-order valence-electron chi connectivity index (χ3n) is 2.00. The summed E-state index contributed by atoms with van der Waals surface area (Å²) in [4.78, 5) is 0. The van der Waals surface area contributed by atoms with Crippen LogP contribution in [0.5, 0.6) is 0 Å². The van der Waals surface area contributed by atoms with Crippen molar-refractivity contribution in [2.75, 3.05) is 13.1 Å². The summed E-state index contributed by atoms with van der Waals surface area (Å²) in [6.07, 6.45) is 1.13. The molecule has 2 unspecified atom stereocenters. The summed E-state index contributed by atoms with van der Waals surface area (Å²) in [7, 11) is 0. The maximum Gasteiger partial charge on any atom is 0.104 e. The molecule has 1 nitrogen and oxygen atoms in total. The standard InChI is InChI=1S/C7H14FN/c1-2-7(8)6-3-4-9-5-6/h6-7,9H,2-5H2,1H3. The van der Waals surface area contributed by atoms with Crippen molar-refractivity contribution in [1.29, 1.82) is 0 Å². The molecule has 1 N–H and O–H groups in total. The van der Waals surface area contributed by atoms with E-state index in [9.17, 15) is 4.39 Å². The van der Waals surface area contributed by atoms with Crippen molar-refractivity contribution in [2.24, 2.45) is 5.92 Å². The molecule has 2 heteroatoms. The largest absolute Gasteiger partial charge is 0.316 e. The first kappa shape index (κ1) is 7.00. The number of rotatable bonds is 2. The lowest BCUT2D eigenvalue weighted by molar-refractivity contribution is 0.234. The first-order valence-corrected chi connectivity index (χ1v) is 3.69. The van der Waals surface area contributed by atoms with Crippen molar-refractivity contribution in [3.05, 3.63) is 0 Å². The summed E-state index contributed by atoms with van der Waals surface area (Å²) in [6.45, 7) is 3.79. The van der Waals surface area contributed by atoms with Crippen molar-refractivity contribution < 1.29 is 4.39 Å². The van der Waals surface area contributed by atoms with Crippen molar-refractivity contribution in [2.45, 2.75) is 25.9 Å². The fourth-order valence-corrected chi connectivity index (χ4v) is 1.32. The van der Waals surface area contributed by atoms with Crippen molar-refractivity contribution in [3.63, 3.8) is 0 Å². The first-order chi connectivity index (χ1) is 4.34. The molecule has 0 aromatic carbocycles. The third-order valence-corrected chi connectivity index (χ3v) is 2.00. The van der Waals surface area contributed by atoms with Crippen molar-refractivity contribution in [3.8, 4) is 0 Å². The van der Waals surface area contributed by atoms with Gasteiger partial charge in [0.05, 0.1) is 0 Å². The molecule has 1 aliphatic heterocycles. The van der Waals surface area contributed by atoms with Gasteiger partial charge in [-0.3, -0.25) is 0 Å². The van der Waals surface area contributed by atoms with Gasteiger partial charge in [0, 0.05) is 12.5 Å². The Bertz CT molecular complexity index is 79.0. The SMILES string of the molecule is CCC(F)C1CCNC1. The summed E-state index contributed by atoms with van der Waals surface area (Å²) in [5, 5.41) is 3.15. The Morgan fingerprint density at radius 3 is 3.00 bits per heavy atom. The lowest BCUT2D eigenvalue weighted by Gasteiger charge is -2.10. The Labute approximate surface area is 55.6 Å². The predicted molar refractivity (Wildman–Crippen MR) is 36.2 cm³/mol. The number of halogens is 1. The molecule has 54 valence electrons. The average Bonchev–Trinajstić information content (AvgIpc) is 2.37. The summed E-state index contributed by atoms with van der Waals surface area (Å²) < 4.78 is 12.8. The van der Waals surface area contributed by atoms with Gasteiger partial charge >= 0.3 is 0 Å². The van der Waals surface area contributed by atoms with E-state index in [0.29, 0.717) is 12.3 Å². The fourth-order valence-electron chi connectivity index (χ4n) is 1.32. The highest BCUT2D eigenvalue weighted by atomic mass is 19.1. The maximum absolute atomic E-state index is 12.8. The van der Waals surface area contributed by atoms with E-state index in [-0.39, 0.29) is 0 Å². The molecule has 1 heterocycles.